The molecule has 1 N–H and O–H groups in total. The first-order chi connectivity index (χ1) is 37.4. The Morgan fingerprint density at radius 3 is 1.54 bits per heavy atom. The molecule has 0 amide bonds. The van der Waals surface area contributed by atoms with Crippen LogP contribution >= 0.6 is 0 Å². The molecule has 11 aromatic rings. The Hall–Kier alpha value is -7.91. The number of phenols is 1. The van der Waals surface area contributed by atoms with Crippen molar-refractivity contribution in [3.8, 4) is 78.6 Å². The molecule has 0 aliphatic rings. The maximum Gasteiger partial charge on any atom is 0.148 e. The van der Waals surface area contributed by atoms with Gasteiger partial charge in [-0.3, -0.25) is 9.55 Å². The first-order valence-corrected chi connectivity index (χ1v) is 27.3. The van der Waals surface area contributed by atoms with Crippen LogP contribution in [0.1, 0.15) is 103 Å². The number of benzene rings is 9. The van der Waals surface area contributed by atoms with Crippen molar-refractivity contribution in [1.29, 1.82) is 0 Å². The first-order valence-electron chi connectivity index (χ1n) is 27.3. The molecule has 0 saturated heterocycles. The summed E-state index contributed by atoms with van der Waals surface area (Å²) in [5.41, 5.74) is 19.3. The SMILES string of the molecule is CC(C)(C)c1cc(-c2nc3c(-c4[c-]c(-c5cc(-c6ccc(C(C)(C)c7ccccc7)cc6)ccn5)cc(-c5ccccc5)c4)cccc3n2-c2ccc(C(C)(C)c3ccccc3)cc2-c2ccccc2)c(O)c(C(C)(C)C)c1.[Pt]. The van der Waals surface area contributed by atoms with E-state index in [9.17, 15) is 5.11 Å². The average molecular weight is 1210 g/mol. The molecule has 9 aromatic carbocycles. The number of nitrogens with zero attached hydrogens (tertiary/aromatic N) is 3. The van der Waals surface area contributed by atoms with E-state index in [4.69, 9.17) is 9.97 Å². The molecule has 2 aromatic heterocycles. The predicted molar refractivity (Wildman–Crippen MR) is 327 cm³/mol. The minimum absolute atomic E-state index is 0. The van der Waals surface area contributed by atoms with E-state index in [1.807, 2.05) is 6.20 Å². The van der Waals surface area contributed by atoms with Gasteiger partial charge in [0.05, 0.1) is 22.3 Å². The molecule has 5 heteroatoms. The number of phenolic OH excluding ortho intramolecular Hbond substituents is 1. The molecule has 0 fully saturated rings. The van der Waals surface area contributed by atoms with Crippen LogP contribution in [-0.4, -0.2) is 19.6 Å². The molecule has 4 nitrogen and oxygen atoms in total. The van der Waals surface area contributed by atoms with Crippen molar-refractivity contribution in [3.05, 3.63) is 264 Å². The summed E-state index contributed by atoms with van der Waals surface area (Å²) in [5, 5.41) is 12.8. The Bertz CT molecular complexity index is 3960. The Morgan fingerprint density at radius 1 is 0.405 bits per heavy atom. The number of imidazole rings is 1. The van der Waals surface area contributed by atoms with Gasteiger partial charge in [-0.15, -0.1) is 23.8 Å². The van der Waals surface area contributed by atoms with Gasteiger partial charge >= 0.3 is 0 Å². The van der Waals surface area contributed by atoms with Gasteiger partial charge in [-0.05, 0) is 91.2 Å². The fourth-order valence-electron chi connectivity index (χ4n) is 11.0. The van der Waals surface area contributed by atoms with Crippen LogP contribution in [0.5, 0.6) is 5.75 Å². The van der Waals surface area contributed by atoms with Gasteiger partial charge in [-0.25, -0.2) is 4.98 Å². The van der Waals surface area contributed by atoms with Crippen LogP contribution in [0.3, 0.4) is 0 Å². The average Bonchev–Trinajstić information content (AvgIpc) is 4.04. The second kappa shape index (κ2) is 21.4. The van der Waals surface area contributed by atoms with Crippen molar-refractivity contribution in [3.63, 3.8) is 0 Å². The summed E-state index contributed by atoms with van der Waals surface area (Å²) < 4.78 is 2.29. The summed E-state index contributed by atoms with van der Waals surface area (Å²) in [6.45, 7) is 22.4. The van der Waals surface area contributed by atoms with Gasteiger partial charge in [-0.1, -0.05) is 262 Å². The van der Waals surface area contributed by atoms with Gasteiger partial charge in [0.2, 0.25) is 0 Å². The topological polar surface area (TPSA) is 50.9 Å². The van der Waals surface area contributed by atoms with Crippen LogP contribution < -0.4 is 0 Å². The molecule has 0 spiro atoms. The third-order valence-electron chi connectivity index (χ3n) is 16.0. The zero-order valence-corrected chi connectivity index (χ0v) is 49.2. The fraction of sp³-hybridized carbons (Fsp3) is 0.189. The second-order valence-electron chi connectivity index (χ2n) is 24.0. The van der Waals surface area contributed by atoms with Crippen LogP contribution in [0.4, 0.5) is 0 Å². The van der Waals surface area contributed by atoms with E-state index in [-0.39, 0.29) is 48.5 Å². The summed E-state index contributed by atoms with van der Waals surface area (Å²) in [6.07, 6.45) is 1.91. The summed E-state index contributed by atoms with van der Waals surface area (Å²) in [6, 6.07) is 81.9. The molecule has 0 radical (unpaired) electrons. The number of pyridine rings is 1. The Balaban J connectivity index is 0.00000704. The van der Waals surface area contributed by atoms with Crippen molar-refractivity contribution in [2.24, 2.45) is 0 Å². The smallest absolute Gasteiger partial charge is 0.148 e. The zero-order chi connectivity index (χ0) is 54.6. The summed E-state index contributed by atoms with van der Waals surface area (Å²) in [7, 11) is 0. The van der Waals surface area contributed by atoms with E-state index in [1.54, 1.807) is 0 Å². The van der Waals surface area contributed by atoms with Gasteiger partial charge < -0.3 is 5.11 Å². The standard InChI is InChI=1S/C74H68N3O.Pt/c1-71(2,3)60-47-63(69(78)64(48-60)72(4,5)6)70-76-68-61(32-23-33-67(68)77(70)66-39-38-59(46-62(66)51-26-17-12-18-27-51)74(9,10)57-30-21-14-22-31-57)54-42-53(49-24-15-11-16-25-49)43-55(44-54)65-45-52(40-41-75-65)50-34-36-58(37-35-50)73(7,8)56-28-19-13-20-29-56;/h11-43,45-48,78H,1-10H3;/q-1;. The molecule has 2 heterocycles. The molecule has 0 aliphatic carbocycles. The number of fused-ring (bicyclic) bond motifs is 1. The number of aromatic nitrogens is 3. The summed E-state index contributed by atoms with van der Waals surface area (Å²) in [5.74, 6) is 0.892. The van der Waals surface area contributed by atoms with Gasteiger partial charge in [0.25, 0.3) is 0 Å². The monoisotopic (exact) mass is 1210 g/mol. The van der Waals surface area contributed by atoms with Crippen LogP contribution in [0.25, 0.3) is 83.9 Å². The quantitative estimate of drug-likeness (QED) is 0.131. The van der Waals surface area contributed by atoms with Crippen LogP contribution in [-0.2, 0) is 42.7 Å². The molecule has 0 unspecified atom stereocenters. The minimum atomic E-state index is -0.362. The first kappa shape index (κ1) is 54.4. The van der Waals surface area contributed by atoms with Crippen molar-refractivity contribution in [1.82, 2.24) is 14.5 Å². The van der Waals surface area contributed by atoms with Crippen LogP contribution in [0.15, 0.2) is 225 Å². The zero-order valence-electron chi connectivity index (χ0n) is 47.0. The molecule has 0 bridgehead atoms. The van der Waals surface area contributed by atoms with E-state index in [1.165, 1.54) is 22.3 Å². The van der Waals surface area contributed by atoms with E-state index in [0.29, 0.717) is 11.4 Å². The Kier molecular flexibility index (Phi) is 14.7. The minimum Gasteiger partial charge on any atom is -0.507 e. The van der Waals surface area contributed by atoms with Gasteiger partial charge in [-0.2, -0.15) is 0 Å². The third kappa shape index (κ3) is 10.6. The van der Waals surface area contributed by atoms with Crippen molar-refractivity contribution < 1.29 is 26.2 Å². The number of rotatable bonds is 11. The molecular formula is C74H68N3OPt-. The Morgan fingerprint density at radius 2 is 0.937 bits per heavy atom. The Labute approximate surface area is 482 Å². The summed E-state index contributed by atoms with van der Waals surface area (Å²) >= 11 is 0. The molecule has 0 saturated carbocycles. The molecule has 79 heavy (non-hydrogen) atoms. The molecule has 396 valence electrons. The largest absolute Gasteiger partial charge is 0.507 e. The maximum absolute atomic E-state index is 12.8. The van der Waals surface area contributed by atoms with E-state index in [0.717, 1.165) is 83.6 Å². The predicted octanol–water partition coefficient (Wildman–Crippen LogP) is 19.2. The molecule has 0 aliphatic heterocycles. The van der Waals surface area contributed by atoms with E-state index < -0.39 is 0 Å². The van der Waals surface area contributed by atoms with Gasteiger partial charge in [0.1, 0.15) is 11.6 Å². The van der Waals surface area contributed by atoms with Gasteiger partial charge in [0, 0.05) is 54.9 Å². The molecule has 11 rings (SSSR count). The number of aromatic hydroxyl groups is 1. The molecular weight excluding hydrogens is 1140 g/mol. The van der Waals surface area contributed by atoms with Crippen molar-refractivity contribution in [2.75, 3.05) is 0 Å². The van der Waals surface area contributed by atoms with E-state index in [2.05, 4.69) is 298 Å². The van der Waals surface area contributed by atoms with Crippen LogP contribution in [0.2, 0.25) is 0 Å². The number of para-hydroxylation sites is 1. The fourth-order valence-corrected chi connectivity index (χ4v) is 11.0. The number of hydrogen-bond acceptors (Lipinski definition) is 3. The third-order valence-corrected chi connectivity index (χ3v) is 16.0. The normalized spacial score (nSPS) is 12.1. The van der Waals surface area contributed by atoms with E-state index >= 15 is 0 Å². The van der Waals surface area contributed by atoms with Gasteiger partial charge in [0.15, 0.2) is 0 Å². The summed E-state index contributed by atoms with van der Waals surface area (Å²) in [4.78, 5) is 10.8. The number of hydrogen-bond donors (Lipinski definition) is 1. The van der Waals surface area contributed by atoms with Crippen LogP contribution in [0, 0.1) is 6.07 Å². The van der Waals surface area contributed by atoms with Crippen molar-refractivity contribution >= 4 is 11.0 Å². The van der Waals surface area contributed by atoms with Crippen molar-refractivity contribution in [2.45, 2.75) is 90.9 Å². The molecule has 0 atom stereocenters. The second-order valence-corrected chi connectivity index (χ2v) is 24.0. The maximum atomic E-state index is 12.8.